The summed E-state index contributed by atoms with van der Waals surface area (Å²) in [6.45, 7) is 0.912. The van der Waals surface area contributed by atoms with Gasteiger partial charge >= 0.3 is 5.97 Å². The van der Waals surface area contributed by atoms with Crippen LogP contribution in [0.1, 0.15) is 17.0 Å². The number of nitrogens with zero attached hydrogens (tertiary/aromatic N) is 4. The Morgan fingerprint density at radius 2 is 2.09 bits per heavy atom. The minimum atomic E-state index is -0.971. The predicted octanol–water partition coefficient (Wildman–Crippen LogP) is 0.583. The number of benzene rings is 1. The second-order valence-corrected chi connectivity index (χ2v) is 5.17. The number of carboxylic acids is 1. The van der Waals surface area contributed by atoms with Gasteiger partial charge in [0.25, 0.3) is 5.91 Å². The van der Waals surface area contributed by atoms with Crippen LogP contribution in [0.25, 0.3) is 5.69 Å². The second-order valence-electron chi connectivity index (χ2n) is 5.17. The van der Waals surface area contributed by atoms with E-state index < -0.39 is 12.0 Å². The van der Waals surface area contributed by atoms with Crippen molar-refractivity contribution in [3.05, 3.63) is 42.5 Å². The Hall–Kier alpha value is -2.74. The Bertz CT molecular complexity index is 701. The molecule has 1 aromatic carbocycles. The average molecular weight is 316 g/mol. The number of aromatic nitrogens is 3. The van der Waals surface area contributed by atoms with Crippen LogP contribution in [0.3, 0.4) is 0 Å². The average Bonchev–Trinajstić information content (AvgIpc) is 3.05. The van der Waals surface area contributed by atoms with Crippen LogP contribution in [-0.4, -0.2) is 62.4 Å². The number of carbonyl (C=O) groups excluding carboxylic acids is 1. The molecule has 1 amide bonds. The number of para-hydroxylation sites is 1. The monoisotopic (exact) mass is 316 g/mol. The van der Waals surface area contributed by atoms with E-state index in [0.717, 1.165) is 5.69 Å². The van der Waals surface area contributed by atoms with Gasteiger partial charge in [-0.05, 0) is 12.1 Å². The molecular formula is C15H16N4O4. The van der Waals surface area contributed by atoms with Gasteiger partial charge in [0.15, 0.2) is 0 Å². The van der Waals surface area contributed by atoms with E-state index in [9.17, 15) is 9.59 Å². The molecule has 23 heavy (non-hydrogen) atoms. The highest BCUT2D eigenvalue weighted by molar-refractivity contribution is 5.91. The van der Waals surface area contributed by atoms with Crippen LogP contribution in [-0.2, 0) is 9.53 Å². The van der Waals surface area contributed by atoms with Crippen molar-refractivity contribution in [3.63, 3.8) is 0 Å². The smallest absolute Gasteiger partial charge is 0.305 e. The normalized spacial score (nSPS) is 17.9. The molecule has 8 heteroatoms. The third kappa shape index (κ3) is 3.37. The summed E-state index contributed by atoms with van der Waals surface area (Å²) in [6, 6.07) is 8.82. The largest absolute Gasteiger partial charge is 0.481 e. The lowest BCUT2D eigenvalue weighted by Gasteiger charge is -2.33. The van der Waals surface area contributed by atoms with Crippen molar-refractivity contribution >= 4 is 11.9 Å². The van der Waals surface area contributed by atoms with Crippen LogP contribution in [0.2, 0.25) is 0 Å². The standard InChI is InChI=1S/C15H16N4O4/c20-13(21)8-12-9-23-7-6-18(12)15(22)14-16-10-19(17-14)11-4-2-1-3-5-11/h1-5,10,12H,6-9H2,(H,20,21). The van der Waals surface area contributed by atoms with Crippen LogP contribution in [0, 0.1) is 0 Å². The molecule has 0 aliphatic carbocycles. The zero-order valence-electron chi connectivity index (χ0n) is 12.3. The summed E-state index contributed by atoms with van der Waals surface area (Å²) in [6.07, 6.45) is 1.31. The minimum Gasteiger partial charge on any atom is -0.481 e. The fourth-order valence-electron chi connectivity index (χ4n) is 2.49. The number of ether oxygens (including phenoxy) is 1. The fourth-order valence-corrected chi connectivity index (χ4v) is 2.49. The van der Waals surface area contributed by atoms with E-state index in [-0.39, 0.29) is 24.8 Å². The molecule has 1 saturated heterocycles. The maximum atomic E-state index is 12.6. The summed E-state index contributed by atoms with van der Waals surface area (Å²) in [5.74, 6) is -1.30. The number of hydrogen-bond donors (Lipinski definition) is 1. The minimum absolute atomic E-state index is 0.0474. The highest BCUT2D eigenvalue weighted by atomic mass is 16.5. The van der Waals surface area contributed by atoms with Gasteiger partial charge in [0.2, 0.25) is 5.82 Å². The van der Waals surface area contributed by atoms with Gasteiger partial charge in [-0.15, -0.1) is 5.10 Å². The molecule has 1 aliphatic heterocycles. The molecule has 0 bridgehead atoms. The van der Waals surface area contributed by atoms with E-state index in [1.807, 2.05) is 30.3 Å². The van der Waals surface area contributed by atoms with E-state index >= 15 is 0 Å². The summed E-state index contributed by atoms with van der Waals surface area (Å²) in [5, 5.41) is 13.2. The number of amides is 1. The van der Waals surface area contributed by atoms with E-state index in [1.54, 1.807) is 0 Å². The number of rotatable bonds is 4. The highest BCUT2D eigenvalue weighted by Gasteiger charge is 2.31. The van der Waals surface area contributed by atoms with Gasteiger partial charge in [-0.25, -0.2) is 9.67 Å². The van der Waals surface area contributed by atoms with E-state index in [0.29, 0.717) is 13.2 Å². The number of morpholine rings is 1. The van der Waals surface area contributed by atoms with Gasteiger partial charge in [-0.1, -0.05) is 18.2 Å². The Labute approximate surface area is 132 Å². The number of carboxylic acid groups (broad SMARTS) is 1. The van der Waals surface area contributed by atoms with Gasteiger partial charge < -0.3 is 14.7 Å². The molecular weight excluding hydrogens is 300 g/mol. The summed E-state index contributed by atoms with van der Waals surface area (Å²) in [5.41, 5.74) is 0.795. The fraction of sp³-hybridized carbons (Fsp3) is 0.333. The number of aliphatic carboxylic acids is 1. The molecule has 1 aliphatic rings. The number of carbonyl (C=O) groups is 2. The molecule has 8 nitrogen and oxygen atoms in total. The Kier molecular flexibility index (Phi) is 4.33. The van der Waals surface area contributed by atoms with Crippen molar-refractivity contribution in [2.24, 2.45) is 0 Å². The molecule has 1 aromatic heterocycles. The topological polar surface area (TPSA) is 97.5 Å². The van der Waals surface area contributed by atoms with Crippen LogP contribution < -0.4 is 0 Å². The molecule has 2 heterocycles. The third-order valence-electron chi connectivity index (χ3n) is 3.60. The van der Waals surface area contributed by atoms with Gasteiger partial charge in [0, 0.05) is 6.54 Å². The number of hydrogen-bond acceptors (Lipinski definition) is 5. The summed E-state index contributed by atoms with van der Waals surface area (Å²) >= 11 is 0. The molecule has 0 spiro atoms. The van der Waals surface area contributed by atoms with E-state index in [4.69, 9.17) is 9.84 Å². The van der Waals surface area contributed by atoms with Crippen molar-refractivity contribution in [2.75, 3.05) is 19.8 Å². The lowest BCUT2D eigenvalue weighted by Crippen LogP contribution is -2.49. The lowest BCUT2D eigenvalue weighted by atomic mass is 10.1. The molecule has 0 saturated carbocycles. The Morgan fingerprint density at radius 1 is 1.30 bits per heavy atom. The van der Waals surface area contributed by atoms with Crippen molar-refractivity contribution in [1.29, 1.82) is 0 Å². The van der Waals surface area contributed by atoms with Crippen LogP contribution in [0.5, 0.6) is 0 Å². The maximum Gasteiger partial charge on any atom is 0.305 e. The molecule has 1 atom stereocenters. The molecule has 2 aromatic rings. The molecule has 1 fully saturated rings. The van der Waals surface area contributed by atoms with Crippen LogP contribution in [0.4, 0.5) is 0 Å². The van der Waals surface area contributed by atoms with Gasteiger partial charge in [0.1, 0.15) is 6.33 Å². The first kappa shape index (κ1) is 15.2. The van der Waals surface area contributed by atoms with Gasteiger partial charge in [0.05, 0.1) is 31.4 Å². The molecule has 0 radical (unpaired) electrons. The first-order valence-electron chi connectivity index (χ1n) is 7.23. The van der Waals surface area contributed by atoms with Crippen molar-refractivity contribution in [1.82, 2.24) is 19.7 Å². The van der Waals surface area contributed by atoms with Gasteiger partial charge in [-0.3, -0.25) is 9.59 Å². The summed E-state index contributed by atoms with van der Waals surface area (Å²) in [4.78, 5) is 29.0. The zero-order valence-corrected chi connectivity index (χ0v) is 12.3. The highest BCUT2D eigenvalue weighted by Crippen LogP contribution is 2.14. The van der Waals surface area contributed by atoms with Crippen molar-refractivity contribution in [2.45, 2.75) is 12.5 Å². The SMILES string of the molecule is O=C(O)CC1COCCN1C(=O)c1ncn(-c2ccccc2)n1. The molecule has 3 rings (SSSR count). The Balaban J connectivity index is 1.79. The van der Waals surface area contributed by atoms with Crippen molar-refractivity contribution < 1.29 is 19.4 Å². The summed E-state index contributed by atoms with van der Waals surface area (Å²) in [7, 11) is 0. The quantitative estimate of drug-likeness (QED) is 0.886. The Morgan fingerprint density at radius 3 is 2.83 bits per heavy atom. The third-order valence-corrected chi connectivity index (χ3v) is 3.60. The van der Waals surface area contributed by atoms with Crippen molar-refractivity contribution in [3.8, 4) is 5.69 Å². The first-order valence-corrected chi connectivity index (χ1v) is 7.23. The second kappa shape index (κ2) is 6.57. The zero-order chi connectivity index (χ0) is 16.2. The van der Waals surface area contributed by atoms with Gasteiger partial charge in [-0.2, -0.15) is 0 Å². The molecule has 1 N–H and O–H groups in total. The van der Waals surface area contributed by atoms with Crippen LogP contribution in [0.15, 0.2) is 36.7 Å². The first-order chi connectivity index (χ1) is 11.1. The van der Waals surface area contributed by atoms with E-state index in [1.165, 1.54) is 15.9 Å². The predicted molar refractivity (Wildman–Crippen MR) is 79.3 cm³/mol. The maximum absolute atomic E-state index is 12.6. The van der Waals surface area contributed by atoms with Crippen LogP contribution >= 0.6 is 0 Å². The molecule has 120 valence electrons. The summed E-state index contributed by atoms with van der Waals surface area (Å²) < 4.78 is 6.78. The lowest BCUT2D eigenvalue weighted by molar-refractivity contribution is -0.139. The molecule has 1 unspecified atom stereocenters. The van der Waals surface area contributed by atoms with E-state index in [2.05, 4.69) is 10.1 Å².